The topological polar surface area (TPSA) is 75.4 Å². The Morgan fingerprint density at radius 3 is 2.60 bits per heavy atom. The molecule has 1 aliphatic rings. The van der Waals surface area contributed by atoms with E-state index in [1.54, 1.807) is 35.6 Å². The van der Waals surface area contributed by atoms with E-state index in [1.807, 2.05) is 0 Å². The highest BCUT2D eigenvalue weighted by molar-refractivity contribution is 5.95. The van der Waals surface area contributed by atoms with E-state index < -0.39 is 11.9 Å². The maximum Gasteiger partial charge on any atom is 0.308 e. The summed E-state index contributed by atoms with van der Waals surface area (Å²) in [5.74, 6) is -1.98. The van der Waals surface area contributed by atoms with Gasteiger partial charge in [-0.1, -0.05) is 0 Å². The van der Waals surface area contributed by atoms with E-state index >= 15 is 0 Å². The van der Waals surface area contributed by atoms with Crippen molar-refractivity contribution in [2.45, 2.75) is 32.7 Å². The molecule has 2 atom stereocenters. The molecule has 7 heteroatoms. The number of hydrogen-bond donors (Lipinski definition) is 1. The van der Waals surface area contributed by atoms with Gasteiger partial charge in [0.05, 0.1) is 29.1 Å². The smallest absolute Gasteiger partial charge is 0.308 e. The summed E-state index contributed by atoms with van der Waals surface area (Å²) in [5, 5.41) is 13.6. The van der Waals surface area contributed by atoms with Crippen LogP contribution in [0, 0.1) is 18.7 Å². The summed E-state index contributed by atoms with van der Waals surface area (Å²) in [6.07, 6.45) is 2.73. The molecule has 1 aromatic heterocycles. The molecule has 1 amide bonds. The van der Waals surface area contributed by atoms with Crippen LogP contribution in [0.3, 0.4) is 0 Å². The third-order valence-corrected chi connectivity index (χ3v) is 4.88. The Morgan fingerprint density at radius 2 is 1.96 bits per heavy atom. The van der Waals surface area contributed by atoms with E-state index in [-0.39, 0.29) is 17.8 Å². The Balaban J connectivity index is 1.88. The molecule has 1 aromatic carbocycles. The molecule has 0 radical (unpaired) electrons. The van der Waals surface area contributed by atoms with Gasteiger partial charge >= 0.3 is 5.97 Å². The highest BCUT2D eigenvalue weighted by Crippen LogP contribution is 2.26. The number of benzene rings is 1. The largest absolute Gasteiger partial charge is 0.481 e. The number of rotatable bonds is 3. The summed E-state index contributed by atoms with van der Waals surface area (Å²) in [7, 11) is 0. The number of piperidine rings is 1. The molecule has 3 rings (SSSR count). The molecule has 0 unspecified atom stereocenters. The number of carboxylic acid groups (broad SMARTS) is 1. The highest BCUT2D eigenvalue weighted by atomic mass is 19.1. The zero-order chi connectivity index (χ0) is 18.1. The lowest BCUT2D eigenvalue weighted by molar-refractivity contribution is -0.144. The third kappa shape index (κ3) is 3.14. The van der Waals surface area contributed by atoms with Crippen LogP contribution < -0.4 is 0 Å². The van der Waals surface area contributed by atoms with Gasteiger partial charge in [0.1, 0.15) is 5.82 Å². The Bertz CT molecular complexity index is 800. The van der Waals surface area contributed by atoms with Crippen molar-refractivity contribution < 1.29 is 19.1 Å². The lowest BCUT2D eigenvalue weighted by Crippen LogP contribution is -2.49. The third-order valence-electron chi connectivity index (χ3n) is 4.88. The fraction of sp³-hybridized carbons (Fsp3) is 0.389. The first-order chi connectivity index (χ1) is 11.9. The number of hydrogen-bond acceptors (Lipinski definition) is 3. The highest BCUT2D eigenvalue weighted by Gasteiger charge is 2.36. The quantitative estimate of drug-likeness (QED) is 0.928. The fourth-order valence-corrected chi connectivity index (χ4v) is 3.38. The molecule has 0 bridgehead atoms. The first kappa shape index (κ1) is 17.1. The number of carbonyl (C=O) groups is 2. The minimum absolute atomic E-state index is 0.218. The maximum absolute atomic E-state index is 13.1. The van der Waals surface area contributed by atoms with E-state index in [0.29, 0.717) is 36.3 Å². The molecule has 132 valence electrons. The summed E-state index contributed by atoms with van der Waals surface area (Å²) in [6.45, 7) is 4.08. The van der Waals surface area contributed by atoms with Crippen molar-refractivity contribution in [3.05, 3.63) is 47.5 Å². The molecule has 1 fully saturated rings. The predicted molar refractivity (Wildman–Crippen MR) is 89.1 cm³/mol. The molecule has 0 aliphatic carbocycles. The number of amides is 1. The van der Waals surface area contributed by atoms with Crippen molar-refractivity contribution in [2.75, 3.05) is 6.54 Å². The van der Waals surface area contributed by atoms with Crippen LogP contribution in [0.25, 0.3) is 5.69 Å². The van der Waals surface area contributed by atoms with Crippen molar-refractivity contribution in [1.29, 1.82) is 0 Å². The molecule has 1 saturated heterocycles. The van der Waals surface area contributed by atoms with Crippen molar-refractivity contribution in [3.8, 4) is 5.69 Å². The molecule has 1 aliphatic heterocycles. The van der Waals surface area contributed by atoms with E-state index in [1.165, 1.54) is 18.3 Å². The van der Waals surface area contributed by atoms with Gasteiger partial charge in [-0.3, -0.25) is 9.59 Å². The van der Waals surface area contributed by atoms with Crippen LogP contribution in [-0.4, -0.2) is 44.3 Å². The van der Waals surface area contributed by atoms with Gasteiger partial charge in [-0.05, 0) is 51.0 Å². The lowest BCUT2D eigenvalue weighted by atomic mass is 9.90. The monoisotopic (exact) mass is 345 g/mol. The molecule has 2 aromatic rings. The molecular formula is C18H20FN3O3. The number of carboxylic acids is 1. The van der Waals surface area contributed by atoms with Crippen molar-refractivity contribution in [1.82, 2.24) is 14.7 Å². The number of aromatic nitrogens is 2. The molecule has 1 N–H and O–H groups in total. The van der Waals surface area contributed by atoms with Crippen LogP contribution in [0.5, 0.6) is 0 Å². The fourth-order valence-electron chi connectivity index (χ4n) is 3.38. The van der Waals surface area contributed by atoms with E-state index in [4.69, 9.17) is 0 Å². The maximum atomic E-state index is 13.1. The Kier molecular flexibility index (Phi) is 4.57. The van der Waals surface area contributed by atoms with Crippen LogP contribution in [0.1, 0.15) is 35.8 Å². The number of halogens is 1. The Labute approximate surface area is 144 Å². The van der Waals surface area contributed by atoms with Gasteiger partial charge < -0.3 is 10.0 Å². The summed E-state index contributed by atoms with van der Waals surface area (Å²) >= 11 is 0. The molecule has 0 spiro atoms. The first-order valence-corrected chi connectivity index (χ1v) is 8.24. The van der Waals surface area contributed by atoms with Crippen LogP contribution in [0.4, 0.5) is 4.39 Å². The van der Waals surface area contributed by atoms with Crippen LogP contribution in [0.2, 0.25) is 0 Å². The minimum atomic E-state index is -0.872. The molecule has 6 nitrogen and oxygen atoms in total. The van der Waals surface area contributed by atoms with Gasteiger partial charge in [0.25, 0.3) is 5.91 Å². The lowest BCUT2D eigenvalue weighted by Gasteiger charge is -2.37. The number of carbonyl (C=O) groups excluding carboxylic acids is 1. The predicted octanol–water partition coefficient (Wildman–Crippen LogP) is 2.65. The Hall–Kier alpha value is -2.70. The van der Waals surface area contributed by atoms with Crippen molar-refractivity contribution in [3.63, 3.8) is 0 Å². The van der Waals surface area contributed by atoms with Gasteiger partial charge in [0.2, 0.25) is 0 Å². The number of nitrogens with zero attached hydrogens (tertiary/aromatic N) is 3. The zero-order valence-electron chi connectivity index (χ0n) is 14.1. The minimum Gasteiger partial charge on any atom is -0.481 e. The average Bonchev–Trinajstić information content (AvgIpc) is 2.96. The summed E-state index contributed by atoms with van der Waals surface area (Å²) in [6, 6.07) is 5.48. The molecule has 0 saturated carbocycles. The second-order valence-electron chi connectivity index (χ2n) is 6.36. The van der Waals surface area contributed by atoms with Crippen LogP contribution >= 0.6 is 0 Å². The first-order valence-electron chi connectivity index (χ1n) is 8.24. The van der Waals surface area contributed by atoms with Gasteiger partial charge in [-0.2, -0.15) is 5.10 Å². The molecule has 2 heterocycles. The van der Waals surface area contributed by atoms with Gasteiger partial charge in [-0.25, -0.2) is 9.07 Å². The SMILES string of the molecule is Cc1c(C(=O)N2CCC[C@@H](C(=O)O)[C@H]2C)cnn1-c1ccc(F)cc1. The number of likely N-dealkylation sites (tertiary alicyclic amines) is 1. The van der Waals surface area contributed by atoms with Crippen molar-refractivity contribution in [2.24, 2.45) is 5.92 Å². The second kappa shape index (κ2) is 6.66. The molecule has 25 heavy (non-hydrogen) atoms. The van der Waals surface area contributed by atoms with Crippen molar-refractivity contribution >= 4 is 11.9 Å². The molecular weight excluding hydrogens is 325 g/mol. The van der Waals surface area contributed by atoms with Crippen LogP contribution in [-0.2, 0) is 4.79 Å². The Morgan fingerprint density at radius 1 is 1.28 bits per heavy atom. The van der Waals surface area contributed by atoms with E-state index in [9.17, 15) is 19.1 Å². The van der Waals surface area contributed by atoms with Crippen LogP contribution in [0.15, 0.2) is 30.5 Å². The standard InChI is InChI=1S/C18H20FN3O3/c1-11-15(18(24)25)4-3-9-21(11)17(23)16-10-20-22(12(16)2)14-7-5-13(19)6-8-14/h5-8,10-11,15H,3-4,9H2,1-2H3,(H,24,25)/t11-,15-/m1/s1. The van der Waals surface area contributed by atoms with E-state index in [2.05, 4.69) is 5.10 Å². The normalized spacial score (nSPS) is 20.5. The van der Waals surface area contributed by atoms with E-state index in [0.717, 1.165) is 0 Å². The average molecular weight is 345 g/mol. The van der Waals surface area contributed by atoms with Gasteiger partial charge in [0, 0.05) is 12.6 Å². The summed E-state index contributed by atoms with van der Waals surface area (Å²) in [5.41, 5.74) is 1.73. The summed E-state index contributed by atoms with van der Waals surface area (Å²) < 4.78 is 14.7. The second-order valence-corrected chi connectivity index (χ2v) is 6.36. The van der Waals surface area contributed by atoms with Gasteiger partial charge in [0.15, 0.2) is 0 Å². The zero-order valence-corrected chi connectivity index (χ0v) is 14.1. The van der Waals surface area contributed by atoms with Gasteiger partial charge in [-0.15, -0.1) is 0 Å². The summed E-state index contributed by atoms with van der Waals surface area (Å²) in [4.78, 5) is 25.9. The number of aliphatic carboxylic acids is 1.